The summed E-state index contributed by atoms with van der Waals surface area (Å²) in [5.41, 5.74) is 1.68. The predicted molar refractivity (Wildman–Crippen MR) is 149 cm³/mol. The molecule has 0 atom stereocenters. The molecule has 4 aromatic rings. The van der Waals surface area contributed by atoms with Gasteiger partial charge in [0.15, 0.2) is 0 Å². The molecule has 0 aliphatic carbocycles. The Bertz CT molecular complexity index is 1660. The highest BCUT2D eigenvalue weighted by Crippen LogP contribution is 2.26. The summed E-state index contributed by atoms with van der Waals surface area (Å²) in [5.74, 6) is -0.245. The van der Waals surface area contributed by atoms with Crippen LogP contribution in [-0.2, 0) is 21.4 Å². The Morgan fingerprint density at radius 1 is 0.974 bits per heavy atom. The fraction of sp³-hybridized carbons (Fsp3) is 0.115. The number of aromatic nitrogens is 2. The Morgan fingerprint density at radius 3 is 2.37 bits per heavy atom. The molecule has 4 rings (SSSR count). The number of halogens is 3. The van der Waals surface area contributed by atoms with Crippen LogP contribution in [0.1, 0.15) is 11.3 Å². The number of carbonyl (C=O) groups is 1. The first-order valence-electron chi connectivity index (χ1n) is 11.2. The predicted octanol–water partition coefficient (Wildman–Crippen LogP) is 5.54. The minimum absolute atomic E-state index is 0.0312. The van der Waals surface area contributed by atoms with Gasteiger partial charge in [-0.15, -0.1) is 0 Å². The molecule has 12 heteroatoms. The van der Waals surface area contributed by atoms with Gasteiger partial charge in [0.2, 0.25) is 15.9 Å². The molecule has 0 fully saturated rings. The van der Waals surface area contributed by atoms with E-state index in [1.807, 2.05) is 0 Å². The van der Waals surface area contributed by atoms with Crippen LogP contribution in [0.15, 0.2) is 82.5 Å². The van der Waals surface area contributed by atoms with Crippen molar-refractivity contribution < 1.29 is 13.2 Å². The molecule has 8 nitrogen and oxygen atoms in total. The van der Waals surface area contributed by atoms with Gasteiger partial charge in [0, 0.05) is 44.6 Å². The van der Waals surface area contributed by atoms with Crippen LogP contribution in [0.3, 0.4) is 0 Å². The number of aryl methyl sites for hydroxylation is 1. The van der Waals surface area contributed by atoms with E-state index in [-0.39, 0.29) is 22.0 Å². The number of nitrogens with zero attached hydrogens (tertiary/aromatic N) is 2. The lowest BCUT2D eigenvalue weighted by molar-refractivity contribution is -0.116. The molecular formula is C26H21Cl3N4O4S. The molecule has 0 unspecified atom stereocenters. The van der Waals surface area contributed by atoms with Crippen LogP contribution >= 0.6 is 34.8 Å². The molecule has 3 aromatic carbocycles. The summed E-state index contributed by atoms with van der Waals surface area (Å²) < 4.78 is 28.0. The highest BCUT2D eigenvalue weighted by Gasteiger charge is 2.28. The number of aromatic amines is 1. The highest BCUT2D eigenvalue weighted by atomic mass is 35.5. The first kappa shape index (κ1) is 27.8. The van der Waals surface area contributed by atoms with Crippen molar-refractivity contribution in [3.8, 4) is 11.4 Å². The average molecular weight is 592 g/mol. The molecule has 0 saturated carbocycles. The quantitative estimate of drug-likeness (QED) is 0.280. The molecular weight excluding hydrogens is 571 g/mol. The summed E-state index contributed by atoms with van der Waals surface area (Å²) in [6.07, 6.45) is 0. The topological polar surface area (TPSA) is 112 Å². The third-order valence-electron chi connectivity index (χ3n) is 5.42. The van der Waals surface area contributed by atoms with Crippen molar-refractivity contribution in [1.82, 2.24) is 14.3 Å². The van der Waals surface area contributed by atoms with Gasteiger partial charge in [0.1, 0.15) is 5.82 Å². The fourth-order valence-electron chi connectivity index (χ4n) is 3.64. The number of anilines is 1. The van der Waals surface area contributed by atoms with Gasteiger partial charge in [-0.25, -0.2) is 13.4 Å². The largest absolute Gasteiger partial charge is 0.325 e. The third-order valence-corrected chi connectivity index (χ3v) is 8.07. The number of H-pyrrole nitrogens is 1. The van der Waals surface area contributed by atoms with E-state index in [0.717, 1.165) is 4.31 Å². The number of hydrogen-bond acceptors (Lipinski definition) is 5. The summed E-state index contributed by atoms with van der Waals surface area (Å²) in [5, 5.41) is 3.75. The van der Waals surface area contributed by atoms with Crippen molar-refractivity contribution in [2.45, 2.75) is 18.4 Å². The van der Waals surface area contributed by atoms with Crippen LogP contribution in [0.5, 0.6) is 0 Å². The number of hydrogen-bond donors (Lipinski definition) is 2. The molecule has 0 spiro atoms. The van der Waals surface area contributed by atoms with E-state index < -0.39 is 22.5 Å². The first-order valence-corrected chi connectivity index (χ1v) is 13.8. The van der Waals surface area contributed by atoms with Crippen LogP contribution in [0.25, 0.3) is 11.4 Å². The van der Waals surface area contributed by atoms with E-state index in [2.05, 4.69) is 15.3 Å². The monoisotopic (exact) mass is 590 g/mol. The van der Waals surface area contributed by atoms with E-state index in [1.165, 1.54) is 36.4 Å². The van der Waals surface area contributed by atoms with Crippen LogP contribution in [-0.4, -0.2) is 35.1 Å². The van der Waals surface area contributed by atoms with Crippen molar-refractivity contribution in [2.75, 3.05) is 11.9 Å². The maximum absolute atomic E-state index is 13.5. The van der Waals surface area contributed by atoms with Crippen molar-refractivity contribution in [2.24, 2.45) is 0 Å². The third kappa shape index (κ3) is 6.80. The lowest BCUT2D eigenvalue weighted by Crippen LogP contribution is -2.37. The second kappa shape index (κ2) is 11.7. The maximum atomic E-state index is 13.5. The zero-order chi connectivity index (χ0) is 27.4. The van der Waals surface area contributed by atoms with Crippen molar-refractivity contribution >= 4 is 56.4 Å². The average Bonchev–Trinajstić information content (AvgIpc) is 2.85. The molecule has 2 N–H and O–H groups in total. The Balaban J connectivity index is 1.61. The molecule has 1 aromatic heterocycles. The fourth-order valence-corrected chi connectivity index (χ4v) is 5.61. The number of benzene rings is 3. The summed E-state index contributed by atoms with van der Waals surface area (Å²) in [6.45, 7) is 1.02. The lowest BCUT2D eigenvalue weighted by Gasteiger charge is -2.22. The van der Waals surface area contributed by atoms with E-state index in [0.29, 0.717) is 38.4 Å². The molecule has 0 bridgehead atoms. The van der Waals surface area contributed by atoms with Crippen LogP contribution in [0, 0.1) is 6.92 Å². The molecule has 1 amide bonds. The molecule has 0 radical (unpaired) electrons. The van der Waals surface area contributed by atoms with Crippen molar-refractivity contribution in [3.63, 3.8) is 0 Å². The Morgan fingerprint density at radius 2 is 1.68 bits per heavy atom. The number of sulfonamides is 1. The van der Waals surface area contributed by atoms with Gasteiger partial charge in [-0.1, -0.05) is 53.0 Å². The SMILES string of the molecule is Cc1cc(=O)[nH]c(-c2cccc(NC(=O)CN(Cc3ccc(Cl)cc3Cl)S(=O)(=O)c3ccc(Cl)cc3)c2)n1. The van der Waals surface area contributed by atoms with E-state index in [9.17, 15) is 18.0 Å². The molecule has 0 aliphatic rings. The minimum atomic E-state index is -4.12. The molecule has 196 valence electrons. The van der Waals surface area contributed by atoms with Gasteiger partial charge < -0.3 is 10.3 Å². The standard InChI is InChI=1S/C26H21Cl3N4O4S/c1-16-11-24(34)32-26(30-16)17-3-2-4-21(12-17)31-25(35)15-33(14-18-5-6-20(28)13-23(18)29)38(36,37)22-9-7-19(27)8-10-22/h2-13H,14-15H2,1H3,(H,31,35)(H,30,32,34). The van der Waals surface area contributed by atoms with E-state index >= 15 is 0 Å². The Kier molecular flexibility index (Phi) is 8.54. The van der Waals surface area contributed by atoms with Gasteiger partial charge in [-0.3, -0.25) is 9.59 Å². The van der Waals surface area contributed by atoms with Gasteiger partial charge >= 0.3 is 0 Å². The van der Waals surface area contributed by atoms with Gasteiger partial charge in [-0.2, -0.15) is 4.31 Å². The van der Waals surface area contributed by atoms with Crippen molar-refractivity contribution in [3.05, 3.63) is 109 Å². The van der Waals surface area contributed by atoms with Crippen molar-refractivity contribution in [1.29, 1.82) is 0 Å². The number of amides is 1. The second-order valence-corrected chi connectivity index (χ2v) is 11.5. The van der Waals surface area contributed by atoms with Gasteiger partial charge in [0.05, 0.1) is 11.4 Å². The molecule has 38 heavy (non-hydrogen) atoms. The summed E-state index contributed by atoms with van der Waals surface area (Å²) in [7, 11) is -4.12. The smallest absolute Gasteiger partial charge is 0.251 e. The maximum Gasteiger partial charge on any atom is 0.251 e. The minimum Gasteiger partial charge on any atom is -0.325 e. The number of carbonyl (C=O) groups excluding carboxylic acids is 1. The van der Waals surface area contributed by atoms with E-state index in [1.54, 1.807) is 43.3 Å². The van der Waals surface area contributed by atoms with Gasteiger partial charge in [-0.05, 0) is 61.0 Å². The molecule has 1 heterocycles. The zero-order valence-corrected chi connectivity index (χ0v) is 23.0. The van der Waals surface area contributed by atoms with Crippen LogP contribution in [0.2, 0.25) is 15.1 Å². The highest BCUT2D eigenvalue weighted by molar-refractivity contribution is 7.89. The lowest BCUT2D eigenvalue weighted by atomic mass is 10.2. The van der Waals surface area contributed by atoms with E-state index in [4.69, 9.17) is 34.8 Å². The Hall–Kier alpha value is -3.21. The second-order valence-electron chi connectivity index (χ2n) is 8.33. The molecule has 0 saturated heterocycles. The number of nitrogens with one attached hydrogen (secondary N) is 2. The normalized spacial score (nSPS) is 11.5. The number of rotatable bonds is 8. The van der Waals surface area contributed by atoms with Crippen LogP contribution < -0.4 is 10.9 Å². The summed E-state index contributed by atoms with van der Waals surface area (Å²) in [4.78, 5) is 31.9. The summed E-state index contributed by atoms with van der Waals surface area (Å²) >= 11 is 18.2. The summed E-state index contributed by atoms with van der Waals surface area (Å²) in [6, 6.07) is 18.4. The van der Waals surface area contributed by atoms with Crippen LogP contribution in [0.4, 0.5) is 5.69 Å². The zero-order valence-electron chi connectivity index (χ0n) is 19.9. The molecule has 0 aliphatic heterocycles. The Labute approximate surface area is 234 Å². The van der Waals surface area contributed by atoms with Gasteiger partial charge in [0.25, 0.3) is 5.56 Å². The first-order chi connectivity index (χ1) is 18.0.